The van der Waals surface area contributed by atoms with Crippen LogP contribution < -0.4 is 10.2 Å². The quantitative estimate of drug-likeness (QED) is 0.867. The molecule has 1 N–H and O–H groups in total. The van der Waals surface area contributed by atoms with E-state index in [1.807, 2.05) is 25.1 Å². The third kappa shape index (κ3) is 3.20. The van der Waals surface area contributed by atoms with Crippen molar-refractivity contribution in [3.63, 3.8) is 0 Å². The average Bonchev–Trinajstić information content (AvgIpc) is 2.16. The molecule has 0 atom stereocenters. The molecule has 0 aromatic carbocycles. The largest absolute Gasteiger partial charge is 0.361 e. The summed E-state index contributed by atoms with van der Waals surface area (Å²) in [5.41, 5.74) is 0.713. The molecule has 0 fully saturated rings. The second kappa shape index (κ2) is 4.82. The summed E-state index contributed by atoms with van der Waals surface area (Å²) in [6, 6.07) is 3.63. The molecular weight excluding hydrogens is 270 g/mol. The van der Waals surface area contributed by atoms with Gasteiger partial charge >= 0.3 is 0 Å². The molecule has 0 bridgehead atoms. The molecule has 16 heavy (non-hydrogen) atoms. The minimum absolute atomic E-state index is 0.0939. The molecule has 5 heteroatoms. The van der Waals surface area contributed by atoms with E-state index in [1.165, 1.54) is 0 Å². The van der Waals surface area contributed by atoms with Crippen LogP contribution in [0.15, 0.2) is 18.3 Å². The maximum Gasteiger partial charge on any atom is 0.240 e. The fourth-order valence-electron chi connectivity index (χ4n) is 1.12. The van der Waals surface area contributed by atoms with Gasteiger partial charge in [0, 0.05) is 20.3 Å². The van der Waals surface area contributed by atoms with Gasteiger partial charge in [-0.05, 0) is 26.0 Å². The summed E-state index contributed by atoms with van der Waals surface area (Å²) in [6.07, 6.45) is 1.70. The van der Waals surface area contributed by atoms with Gasteiger partial charge in [-0.1, -0.05) is 15.9 Å². The molecule has 1 amide bonds. The Morgan fingerprint density at radius 1 is 1.50 bits per heavy atom. The highest BCUT2D eigenvalue weighted by molar-refractivity contribution is 9.10. The number of amides is 1. The van der Waals surface area contributed by atoms with Gasteiger partial charge in [0.05, 0.1) is 10.0 Å². The third-order valence-electron chi connectivity index (χ3n) is 2.00. The van der Waals surface area contributed by atoms with Crippen LogP contribution in [0, 0.1) is 0 Å². The zero-order valence-electron chi connectivity index (χ0n) is 9.91. The topological polar surface area (TPSA) is 45.2 Å². The van der Waals surface area contributed by atoms with E-state index in [1.54, 1.807) is 26.1 Å². The molecule has 0 aliphatic carbocycles. The Hall–Kier alpha value is -1.10. The van der Waals surface area contributed by atoms with Crippen LogP contribution in [-0.2, 0) is 4.79 Å². The molecule has 1 heterocycles. The van der Waals surface area contributed by atoms with Crippen LogP contribution in [0.2, 0.25) is 0 Å². The van der Waals surface area contributed by atoms with Crippen LogP contribution in [0.5, 0.6) is 0 Å². The van der Waals surface area contributed by atoms with Crippen molar-refractivity contribution >= 4 is 33.3 Å². The average molecular weight is 286 g/mol. The van der Waals surface area contributed by atoms with Crippen LogP contribution in [-0.4, -0.2) is 29.3 Å². The summed E-state index contributed by atoms with van der Waals surface area (Å²) in [4.78, 5) is 17.9. The molecule has 1 aromatic rings. The number of carbonyl (C=O) groups is 1. The predicted molar refractivity (Wildman–Crippen MR) is 70.2 cm³/mol. The zero-order valence-corrected chi connectivity index (χ0v) is 11.5. The van der Waals surface area contributed by atoms with Crippen LogP contribution in [0.4, 0.5) is 11.5 Å². The molecule has 0 radical (unpaired) electrons. The van der Waals surface area contributed by atoms with E-state index in [2.05, 4.69) is 26.2 Å². The van der Waals surface area contributed by atoms with Crippen molar-refractivity contribution in [2.75, 3.05) is 24.3 Å². The molecular formula is C11H16BrN3O. The van der Waals surface area contributed by atoms with E-state index in [0.717, 1.165) is 5.82 Å². The number of nitrogens with zero attached hydrogens (tertiary/aromatic N) is 2. The number of pyridine rings is 1. The van der Waals surface area contributed by atoms with E-state index in [4.69, 9.17) is 0 Å². The van der Waals surface area contributed by atoms with E-state index in [0.29, 0.717) is 5.69 Å². The minimum atomic E-state index is -0.591. The highest BCUT2D eigenvalue weighted by Crippen LogP contribution is 2.24. The smallest absolute Gasteiger partial charge is 0.240 e. The van der Waals surface area contributed by atoms with Gasteiger partial charge in [0.25, 0.3) is 0 Å². The van der Waals surface area contributed by atoms with E-state index >= 15 is 0 Å². The number of rotatable bonds is 3. The van der Waals surface area contributed by atoms with E-state index in [9.17, 15) is 4.79 Å². The molecule has 4 nitrogen and oxygen atoms in total. The van der Waals surface area contributed by atoms with Crippen molar-refractivity contribution in [3.8, 4) is 0 Å². The monoisotopic (exact) mass is 285 g/mol. The number of halogens is 1. The number of anilines is 2. The molecule has 1 rings (SSSR count). The van der Waals surface area contributed by atoms with E-state index in [-0.39, 0.29) is 5.91 Å². The van der Waals surface area contributed by atoms with Crippen LogP contribution in [0.25, 0.3) is 0 Å². The highest BCUT2D eigenvalue weighted by Gasteiger charge is 2.24. The van der Waals surface area contributed by atoms with Gasteiger partial charge in [-0.2, -0.15) is 0 Å². The summed E-state index contributed by atoms with van der Waals surface area (Å²) >= 11 is 3.32. The third-order valence-corrected chi connectivity index (χ3v) is 2.36. The Kier molecular flexibility index (Phi) is 3.91. The molecule has 0 aliphatic heterocycles. The second-order valence-electron chi connectivity index (χ2n) is 4.20. The summed E-state index contributed by atoms with van der Waals surface area (Å²) in [5, 5.41) is 2.84. The lowest BCUT2D eigenvalue weighted by Gasteiger charge is -2.20. The lowest BCUT2D eigenvalue weighted by molar-refractivity contribution is -0.117. The summed E-state index contributed by atoms with van der Waals surface area (Å²) < 4.78 is -0.591. The molecule has 0 saturated heterocycles. The fraction of sp³-hybridized carbons (Fsp3) is 0.455. The van der Waals surface area contributed by atoms with Gasteiger partial charge in [0.15, 0.2) is 5.82 Å². The van der Waals surface area contributed by atoms with Gasteiger partial charge in [-0.15, -0.1) is 0 Å². The van der Waals surface area contributed by atoms with Gasteiger partial charge in [-0.3, -0.25) is 4.79 Å². The molecule has 0 saturated carbocycles. The highest BCUT2D eigenvalue weighted by atomic mass is 79.9. The first-order valence-corrected chi connectivity index (χ1v) is 5.74. The Morgan fingerprint density at radius 3 is 2.62 bits per heavy atom. The van der Waals surface area contributed by atoms with Crippen molar-refractivity contribution in [1.29, 1.82) is 0 Å². The maximum absolute atomic E-state index is 11.8. The molecule has 0 unspecified atom stereocenters. The number of hydrogen-bond acceptors (Lipinski definition) is 3. The van der Waals surface area contributed by atoms with Crippen LogP contribution in [0.3, 0.4) is 0 Å². The Bertz CT molecular complexity index is 385. The fourth-order valence-corrected chi connectivity index (χ4v) is 1.22. The Labute approximate surface area is 104 Å². The number of aromatic nitrogens is 1. The van der Waals surface area contributed by atoms with E-state index < -0.39 is 4.32 Å². The number of alkyl halides is 1. The summed E-state index contributed by atoms with van der Waals surface area (Å²) in [5.74, 6) is 0.649. The van der Waals surface area contributed by atoms with Gasteiger partial charge in [-0.25, -0.2) is 4.98 Å². The van der Waals surface area contributed by atoms with Crippen LogP contribution >= 0.6 is 15.9 Å². The van der Waals surface area contributed by atoms with Crippen molar-refractivity contribution in [3.05, 3.63) is 18.3 Å². The lowest BCUT2D eigenvalue weighted by atomic mass is 10.2. The standard InChI is InChI=1S/C11H16BrN3O/c1-11(2,12)10(16)14-8-6-5-7-13-9(8)15(3)4/h5-7H,1-4H3,(H,14,16). The molecule has 0 spiro atoms. The Morgan fingerprint density at radius 2 is 2.12 bits per heavy atom. The predicted octanol–water partition coefficient (Wildman–Crippen LogP) is 2.26. The lowest BCUT2D eigenvalue weighted by Crippen LogP contribution is -2.31. The molecule has 1 aromatic heterocycles. The van der Waals surface area contributed by atoms with Crippen molar-refractivity contribution in [1.82, 2.24) is 4.98 Å². The first kappa shape index (κ1) is 13.0. The first-order chi connectivity index (χ1) is 7.32. The molecule has 88 valence electrons. The maximum atomic E-state index is 11.8. The molecule has 0 aliphatic rings. The summed E-state index contributed by atoms with van der Waals surface area (Å²) in [6.45, 7) is 3.60. The minimum Gasteiger partial charge on any atom is -0.361 e. The Balaban J connectivity index is 2.94. The van der Waals surface area contributed by atoms with Crippen molar-refractivity contribution < 1.29 is 4.79 Å². The van der Waals surface area contributed by atoms with Crippen molar-refractivity contribution in [2.45, 2.75) is 18.2 Å². The zero-order chi connectivity index (χ0) is 12.3. The second-order valence-corrected chi connectivity index (χ2v) is 6.18. The summed E-state index contributed by atoms with van der Waals surface area (Å²) in [7, 11) is 3.77. The first-order valence-electron chi connectivity index (χ1n) is 4.95. The van der Waals surface area contributed by atoms with Crippen molar-refractivity contribution in [2.24, 2.45) is 0 Å². The van der Waals surface area contributed by atoms with Gasteiger partial charge < -0.3 is 10.2 Å². The van der Waals surface area contributed by atoms with Gasteiger partial charge in [0.2, 0.25) is 5.91 Å². The number of nitrogens with one attached hydrogen (secondary N) is 1. The normalized spacial score (nSPS) is 11.1. The van der Waals surface area contributed by atoms with Gasteiger partial charge in [0.1, 0.15) is 0 Å². The van der Waals surface area contributed by atoms with Crippen LogP contribution in [0.1, 0.15) is 13.8 Å². The SMILES string of the molecule is CN(C)c1ncccc1NC(=O)C(C)(C)Br. The number of hydrogen-bond donors (Lipinski definition) is 1. The number of carbonyl (C=O) groups excluding carboxylic acids is 1.